The van der Waals surface area contributed by atoms with Crippen LogP contribution in [-0.4, -0.2) is 26.6 Å². The molecule has 0 atom stereocenters. The molecule has 27 heavy (non-hydrogen) atoms. The molecule has 0 saturated heterocycles. The summed E-state index contributed by atoms with van der Waals surface area (Å²) in [5, 5.41) is 0. The number of hydrogen-bond donors (Lipinski definition) is 1. The lowest BCUT2D eigenvalue weighted by Crippen LogP contribution is -2.01. The summed E-state index contributed by atoms with van der Waals surface area (Å²) in [6, 6.07) is 13.9. The second-order valence-corrected chi connectivity index (χ2v) is 6.15. The molecule has 0 aliphatic rings. The minimum atomic E-state index is 0.355. The zero-order chi connectivity index (χ0) is 18.8. The Labute approximate surface area is 157 Å². The van der Waals surface area contributed by atoms with E-state index in [1.807, 2.05) is 36.7 Å². The summed E-state index contributed by atoms with van der Waals surface area (Å²) >= 11 is 0. The van der Waals surface area contributed by atoms with E-state index in [2.05, 4.69) is 33.6 Å². The van der Waals surface area contributed by atoms with Gasteiger partial charge in [0.1, 0.15) is 6.33 Å². The van der Waals surface area contributed by atoms with Crippen LogP contribution in [0.5, 0.6) is 5.75 Å². The molecule has 4 rings (SSSR count). The number of imidazole rings is 1. The van der Waals surface area contributed by atoms with E-state index in [9.17, 15) is 0 Å². The molecule has 1 aromatic carbocycles. The van der Waals surface area contributed by atoms with Gasteiger partial charge in [-0.2, -0.15) is 0 Å². The molecule has 3 heterocycles. The fourth-order valence-corrected chi connectivity index (χ4v) is 3.11. The molecule has 134 valence electrons. The Hall–Kier alpha value is -3.67. The van der Waals surface area contributed by atoms with Crippen LogP contribution in [0.25, 0.3) is 28.2 Å². The number of nitrogens with two attached hydrogens (primary N) is 1. The average Bonchev–Trinajstić information content (AvgIpc) is 3.14. The summed E-state index contributed by atoms with van der Waals surface area (Å²) in [6.07, 6.45) is 7.09. The van der Waals surface area contributed by atoms with Gasteiger partial charge in [0.25, 0.3) is 0 Å². The zero-order valence-electron chi connectivity index (χ0n) is 15.1. The lowest BCUT2D eigenvalue weighted by molar-refractivity contribution is 0.415. The number of ether oxygens (including phenoxy) is 1. The Bertz CT molecular complexity index is 1090. The normalized spacial score (nSPS) is 10.7. The highest BCUT2D eigenvalue weighted by Gasteiger charge is 2.18. The lowest BCUT2D eigenvalue weighted by atomic mass is 10.1. The van der Waals surface area contributed by atoms with E-state index in [0.29, 0.717) is 11.6 Å². The van der Waals surface area contributed by atoms with Crippen LogP contribution in [0.15, 0.2) is 67.4 Å². The first kappa shape index (κ1) is 16.8. The molecule has 3 aromatic heterocycles. The summed E-state index contributed by atoms with van der Waals surface area (Å²) in [7, 11) is 1.58. The van der Waals surface area contributed by atoms with E-state index in [-0.39, 0.29) is 0 Å². The molecular formula is C21H19N5O. The minimum absolute atomic E-state index is 0.355. The first-order valence-electron chi connectivity index (χ1n) is 8.52. The number of anilines is 1. The standard InChI is InChI=1S/C21H19N5O/c1-14-5-3-4-6-17(14)26-13-25-19(15-7-9-23-10-8-15)20(26)16-11-18(27-2)21(22)24-12-16/h3-13H,1-2H3,(H2,22,24). The number of nitrogens with zero attached hydrogens (tertiary/aromatic N) is 4. The van der Waals surface area contributed by atoms with E-state index >= 15 is 0 Å². The molecule has 0 bridgehead atoms. The van der Waals surface area contributed by atoms with Crippen molar-refractivity contribution in [2.75, 3.05) is 12.8 Å². The second kappa shape index (κ2) is 6.92. The average molecular weight is 357 g/mol. The predicted octanol–water partition coefficient (Wildman–Crippen LogP) is 3.90. The summed E-state index contributed by atoms with van der Waals surface area (Å²) in [5.41, 5.74) is 11.7. The fraction of sp³-hybridized carbons (Fsp3) is 0.0952. The highest BCUT2D eigenvalue weighted by Crippen LogP contribution is 2.35. The van der Waals surface area contributed by atoms with Gasteiger partial charge in [-0.05, 0) is 36.8 Å². The third kappa shape index (κ3) is 3.01. The lowest BCUT2D eigenvalue weighted by Gasteiger charge is -2.14. The van der Waals surface area contributed by atoms with E-state index in [1.165, 1.54) is 0 Å². The van der Waals surface area contributed by atoms with Crippen molar-refractivity contribution in [3.05, 3.63) is 72.9 Å². The molecule has 0 fully saturated rings. The van der Waals surface area contributed by atoms with E-state index in [4.69, 9.17) is 15.5 Å². The quantitative estimate of drug-likeness (QED) is 0.599. The van der Waals surface area contributed by atoms with Gasteiger partial charge in [0.2, 0.25) is 0 Å². The minimum Gasteiger partial charge on any atom is -0.493 e. The first-order valence-corrected chi connectivity index (χ1v) is 8.52. The maximum atomic E-state index is 5.91. The number of rotatable bonds is 4. The molecular weight excluding hydrogens is 338 g/mol. The van der Waals surface area contributed by atoms with Crippen molar-refractivity contribution in [1.29, 1.82) is 0 Å². The second-order valence-electron chi connectivity index (χ2n) is 6.15. The van der Waals surface area contributed by atoms with Gasteiger partial charge in [-0.3, -0.25) is 9.55 Å². The van der Waals surface area contributed by atoms with Crippen LogP contribution in [0.2, 0.25) is 0 Å². The van der Waals surface area contributed by atoms with Crippen LogP contribution in [0.3, 0.4) is 0 Å². The maximum absolute atomic E-state index is 5.91. The number of benzene rings is 1. The van der Waals surface area contributed by atoms with E-state index in [1.54, 1.807) is 25.7 Å². The third-order valence-electron chi connectivity index (χ3n) is 4.47. The molecule has 6 heteroatoms. The van der Waals surface area contributed by atoms with Crippen LogP contribution >= 0.6 is 0 Å². The van der Waals surface area contributed by atoms with Gasteiger partial charge in [0, 0.05) is 29.7 Å². The van der Waals surface area contributed by atoms with Crippen molar-refractivity contribution in [3.63, 3.8) is 0 Å². The van der Waals surface area contributed by atoms with Crippen molar-refractivity contribution in [2.24, 2.45) is 0 Å². The fourth-order valence-electron chi connectivity index (χ4n) is 3.11. The number of methoxy groups -OCH3 is 1. The number of nitrogen functional groups attached to an aromatic ring is 1. The zero-order valence-corrected chi connectivity index (χ0v) is 15.1. The monoisotopic (exact) mass is 357 g/mol. The molecule has 2 N–H and O–H groups in total. The number of para-hydroxylation sites is 1. The summed E-state index contributed by atoms with van der Waals surface area (Å²) < 4.78 is 7.44. The largest absolute Gasteiger partial charge is 0.493 e. The Morgan fingerprint density at radius 3 is 2.52 bits per heavy atom. The topological polar surface area (TPSA) is 78.9 Å². The Morgan fingerprint density at radius 1 is 1.00 bits per heavy atom. The SMILES string of the molecule is COc1cc(-c2c(-c3ccncc3)ncn2-c2ccccc2C)cnc1N. The Balaban J connectivity index is 2.00. The Morgan fingerprint density at radius 2 is 1.78 bits per heavy atom. The van der Waals surface area contributed by atoms with E-state index < -0.39 is 0 Å². The molecule has 4 aromatic rings. The number of pyridine rings is 2. The first-order chi connectivity index (χ1) is 13.2. The molecule has 0 aliphatic carbocycles. The van der Waals surface area contributed by atoms with Crippen molar-refractivity contribution < 1.29 is 4.74 Å². The predicted molar refractivity (Wildman–Crippen MR) is 106 cm³/mol. The van der Waals surface area contributed by atoms with Gasteiger partial charge < -0.3 is 10.5 Å². The van der Waals surface area contributed by atoms with Crippen LogP contribution in [0, 0.1) is 6.92 Å². The van der Waals surface area contributed by atoms with Crippen LogP contribution < -0.4 is 10.5 Å². The van der Waals surface area contributed by atoms with Gasteiger partial charge in [0.15, 0.2) is 11.6 Å². The molecule has 0 aliphatic heterocycles. The molecule has 0 saturated carbocycles. The van der Waals surface area contributed by atoms with Gasteiger partial charge in [-0.25, -0.2) is 9.97 Å². The van der Waals surface area contributed by atoms with Gasteiger partial charge in [-0.1, -0.05) is 18.2 Å². The van der Waals surface area contributed by atoms with Gasteiger partial charge in [-0.15, -0.1) is 0 Å². The summed E-state index contributed by atoms with van der Waals surface area (Å²) in [4.78, 5) is 13.1. The van der Waals surface area contributed by atoms with Gasteiger partial charge in [0.05, 0.1) is 24.2 Å². The summed E-state index contributed by atoms with van der Waals surface area (Å²) in [6.45, 7) is 2.08. The van der Waals surface area contributed by atoms with Crippen LogP contribution in [0.4, 0.5) is 5.82 Å². The summed E-state index contributed by atoms with van der Waals surface area (Å²) in [5.74, 6) is 0.888. The number of aromatic nitrogens is 4. The molecule has 0 unspecified atom stereocenters. The third-order valence-corrected chi connectivity index (χ3v) is 4.47. The van der Waals surface area contributed by atoms with Crippen molar-refractivity contribution in [3.8, 4) is 34.0 Å². The molecule has 6 nitrogen and oxygen atoms in total. The smallest absolute Gasteiger partial charge is 0.166 e. The van der Waals surface area contributed by atoms with Crippen LogP contribution in [0.1, 0.15) is 5.56 Å². The molecule has 0 amide bonds. The maximum Gasteiger partial charge on any atom is 0.166 e. The van der Waals surface area contributed by atoms with Crippen molar-refractivity contribution in [2.45, 2.75) is 6.92 Å². The number of hydrogen-bond acceptors (Lipinski definition) is 5. The Kier molecular flexibility index (Phi) is 4.30. The highest BCUT2D eigenvalue weighted by atomic mass is 16.5. The van der Waals surface area contributed by atoms with Gasteiger partial charge >= 0.3 is 0 Å². The van der Waals surface area contributed by atoms with Crippen molar-refractivity contribution >= 4 is 5.82 Å². The molecule has 0 spiro atoms. The highest BCUT2D eigenvalue weighted by molar-refractivity contribution is 5.81. The van der Waals surface area contributed by atoms with E-state index in [0.717, 1.165) is 33.8 Å². The molecule has 0 radical (unpaired) electrons. The number of aryl methyl sites for hydroxylation is 1. The van der Waals surface area contributed by atoms with Crippen LogP contribution in [-0.2, 0) is 0 Å². The van der Waals surface area contributed by atoms with Crippen molar-refractivity contribution in [1.82, 2.24) is 19.5 Å².